The molecule has 2 N–H and O–H groups in total. The van der Waals surface area contributed by atoms with Gasteiger partial charge < -0.3 is 15.2 Å². The van der Waals surface area contributed by atoms with Gasteiger partial charge in [0.15, 0.2) is 0 Å². The predicted octanol–water partition coefficient (Wildman–Crippen LogP) is 2.91. The number of carbonyl (C=O) groups is 2. The average Bonchev–Trinajstić information content (AvgIpc) is 2.48. The van der Waals surface area contributed by atoms with Gasteiger partial charge >= 0.3 is 5.97 Å². The van der Waals surface area contributed by atoms with Crippen LogP contribution in [0.4, 0.5) is 0 Å². The number of ether oxygens (including phenoxy) is 1. The summed E-state index contributed by atoms with van der Waals surface area (Å²) in [5, 5.41) is 11.2. The Balaban J connectivity index is 2.55. The molecular weight excluding hydrogens is 294 g/mol. The Morgan fingerprint density at radius 1 is 1.22 bits per heavy atom. The van der Waals surface area contributed by atoms with Crippen molar-refractivity contribution >= 4 is 11.9 Å². The summed E-state index contributed by atoms with van der Waals surface area (Å²) in [5.41, 5.74) is 2.39. The molecule has 0 aromatic heterocycles. The Kier molecular flexibility index (Phi) is 7.07. The third kappa shape index (κ3) is 6.72. The van der Waals surface area contributed by atoms with Crippen molar-refractivity contribution in [1.29, 1.82) is 0 Å². The number of hydrogen-bond donors (Lipinski definition) is 2. The summed E-state index contributed by atoms with van der Waals surface area (Å²) in [6.45, 7) is 9.26. The van der Waals surface area contributed by atoms with E-state index in [1.807, 2.05) is 6.07 Å². The lowest BCUT2D eigenvalue weighted by Crippen LogP contribution is -2.28. The first-order chi connectivity index (χ1) is 10.7. The van der Waals surface area contributed by atoms with Crippen molar-refractivity contribution in [3.63, 3.8) is 0 Å². The van der Waals surface area contributed by atoms with Crippen LogP contribution in [0.2, 0.25) is 0 Å². The summed E-state index contributed by atoms with van der Waals surface area (Å²) in [5.74, 6) is -0.412. The molecule has 0 aliphatic rings. The lowest BCUT2D eigenvalue weighted by Gasteiger charge is -2.23. The smallest absolute Gasteiger partial charge is 0.303 e. The summed E-state index contributed by atoms with van der Waals surface area (Å²) in [6, 6.07) is 6.20. The molecule has 1 aromatic rings. The fourth-order valence-corrected chi connectivity index (χ4v) is 2.17. The monoisotopic (exact) mass is 321 g/mol. The number of nitrogens with one attached hydrogen (secondary N) is 1. The minimum Gasteiger partial charge on any atom is -0.491 e. The zero-order chi connectivity index (χ0) is 17.5. The highest BCUT2D eigenvalue weighted by atomic mass is 16.5. The largest absolute Gasteiger partial charge is 0.491 e. The predicted molar refractivity (Wildman–Crippen MR) is 89.9 cm³/mol. The molecule has 1 amide bonds. The van der Waals surface area contributed by atoms with Gasteiger partial charge in [0.1, 0.15) is 12.4 Å². The molecule has 0 heterocycles. The molecular formula is C18H27NO4. The van der Waals surface area contributed by atoms with Crippen molar-refractivity contribution < 1.29 is 19.4 Å². The van der Waals surface area contributed by atoms with Gasteiger partial charge in [-0.3, -0.25) is 9.59 Å². The number of carbonyl (C=O) groups excluding carboxylic acids is 1. The fourth-order valence-electron chi connectivity index (χ4n) is 2.17. The number of aryl methyl sites for hydroxylation is 1. The topological polar surface area (TPSA) is 75.6 Å². The molecule has 0 radical (unpaired) electrons. The number of benzene rings is 1. The maximum atomic E-state index is 11.4. The van der Waals surface area contributed by atoms with E-state index in [-0.39, 0.29) is 24.2 Å². The Bertz CT molecular complexity index is 546. The first kappa shape index (κ1) is 19.0. The van der Waals surface area contributed by atoms with E-state index in [1.54, 1.807) is 0 Å². The van der Waals surface area contributed by atoms with Gasteiger partial charge in [-0.2, -0.15) is 0 Å². The molecule has 0 aliphatic carbocycles. The van der Waals surface area contributed by atoms with E-state index < -0.39 is 5.97 Å². The first-order valence-electron chi connectivity index (χ1n) is 7.98. The van der Waals surface area contributed by atoms with E-state index in [0.717, 1.165) is 17.7 Å². The SMILES string of the molecule is CCc1ccc(OCCNC(=O)CCC(=O)O)c(C(C)(C)C)c1. The van der Waals surface area contributed by atoms with Crippen molar-refractivity contribution in [1.82, 2.24) is 5.32 Å². The third-order valence-electron chi connectivity index (χ3n) is 3.51. The van der Waals surface area contributed by atoms with Crippen LogP contribution in [0, 0.1) is 0 Å². The van der Waals surface area contributed by atoms with Gasteiger partial charge in [0.25, 0.3) is 0 Å². The van der Waals surface area contributed by atoms with E-state index >= 15 is 0 Å². The van der Waals surface area contributed by atoms with Crippen LogP contribution in [0.1, 0.15) is 51.7 Å². The summed E-state index contributed by atoms with van der Waals surface area (Å²) in [6.07, 6.45) is 0.816. The maximum Gasteiger partial charge on any atom is 0.303 e. The van der Waals surface area contributed by atoms with Crippen LogP contribution in [0.25, 0.3) is 0 Å². The molecule has 128 valence electrons. The second-order valence-corrected chi connectivity index (χ2v) is 6.53. The molecule has 0 saturated carbocycles. The van der Waals surface area contributed by atoms with Crippen molar-refractivity contribution in [3.05, 3.63) is 29.3 Å². The lowest BCUT2D eigenvalue weighted by atomic mass is 9.85. The molecule has 0 spiro atoms. The quantitative estimate of drug-likeness (QED) is 0.722. The number of carboxylic acids is 1. The summed E-state index contributed by atoms with van der Waals surface area (Å²) >= 11 is 0. The van der Waals surface area contributed by atoms with Gasteiger partial charge in [0, 0.05) is 6.42 Å². The number of aliphatic carboxylic acids is 1. The number of rotatable bonds is 8. The van der Waals surface area contributed by atoms with Crippen molar-refractivity contribution in [2.24, 2.45) is 0 Å². The van der Waals surface area contributed by atoms with E-state index in [1.165, 1.54) is 5.56 Å². The van der Waals surface area contributed by atoms with Gasteiger partial charge in [-0.15, -0.1) is 0 Å². The molecule has 5 heteroatoms. The molecule has 0 atom stereocenters. The Morgan fingerprint density at radius 2 is 1.91 bits per heavy atom. The summed E-state index contributed by atoms with van der Waals surface area (Å²) in [4.78, 5) is 21.8. The zero-order valence-electron chi connectivity index (χ0n) is 14.4. The van der Waals surface area contributed by atoms with Crippen molar-refractivity contribution in [3.8, 4) is 5.75 Å². The second kappa shape index (κ2) is 8.56. The Hall–Kier alpha value is -2.04. The van der Waals surface area contributed by atoms with Crippen LogP contribution in [0.3, 0.4) is 0 Å². The second-order valence-electron chi connectivity index (χ2n) is 6.53. The molecule has 1 aromatic carbocycles. The van der Waals surface area contributed by atoms with Gasteiger partial charge in [0.2, 0.25) is 5.91 Å². The molecule has 5 nitrogen and oxygen atoms in total. The fraction of sp³-hybridized carbons (Fsp3) is 0.556. The molecule has 1 rings (SSSR count). The molecule has 0 bridgehead atoms. The van der Waals surface area contributed by atoms with E-state index in [4.69, 9.17) is 9.84 Å². The maximum absolute atomic E-state index is 11.4. The standard InChI is InChI=1S/C18H27NO4/c1-5-13-6-7-15(14(12-13)18(2,3)4)23-11-10-19-16(20)8-9-17(21)22/h6-7,12H,5,8-11H2,1-4H3,(H,19,20)(H,21,22). The van der Waals surface area contributed by atoms with Gasteiger partial charge in [-0.25, -0.2) is 0 Å². The van der Waals surface area contributed by atoms with Crippen LogP contribution in [0.15, 0.2) is 18.2 Å². The van der Waals surface area contributed by atoms with E-state index in [9.17, 15) is 9.59 Å². The zero-order valence-corrected chi connectivity index (χ0v) is 14.4. The minimum absolute atomic E-state index is 0.00618. The van der Waals surface area contributed by atoms with Crippen LogP contribution in [0.5, 0.6) is 5.75 Å². The number of hydrogen-bond acceptors (Lipinski definition) is 3. The molecule has 0 fully saturated rings. The van der Waals surface area contributed by atoms with Crippen LogP contribution < -0.4 is 10.1 Å². The minimum atomic E-state index is -0.970. The van der Waals surface area contributed by atoms with E-state index in [2.05, 4.69) is 45.1 Å². The van der Waals surface area contributed by atoms with Gasteiger partial charge in [0.05, 0.1) is 13.0 Å². The normalized spacial score (nSPS) is 11.1. The van der Waals surface area contributed by atoms with Crippen LogP contribution >= 0.6 is 0 Å². The molecule has 0 aliphatic heterocycles. The highest BCUT2D eigenvalue weighted by Gasteiger charge is 2.19. The summed E-state index contributed by atoms with van der Waals surface area (Å²) in [7, 11) is 0. The Labute approximate surface area is 138 Å². The highest BCUT2D eigenvalue weighted by Crippen LogP contribution is 2.32. The highest BCUT2D eigenvalue weighted by molar-refractivity contribution is 5.80. The van der Waals surface area contributed by atoms with Crippen LogP contribution in [-0.2, 0) is 21.4 Å². The summed E-state index contributed by atoms with van der Waals surface area (Å²) < 4.78 is 5.81. The molecule has 0 unspecified atom stereocenters. The van der Waals surface area contributed by atoms with E-state index in [0.29, 0.717) is 13.2 Å². The first-order valence-corrected chi connectivity index (χ1v) is 7.98. The number of carboxylic acid groups (broad SMARTS) is 1. The number of amides is 1. The van der Waals surface area contributed by atoms with Crippen molar-refractivity contribution in [2.75, 3.05) is 13.2 Å². The van der Waals surface area contributed by atoms with Crippen LogP contribution in [-0.4, -0.2) is 30.1 Å². The lowest BCUT2D eigenvalue weighted by molar-refractivity contribution is -0.138. The van der Waals surface area contributed by atoms with Gasteiger partial charge in [-0.05, 0) is 29.0 Å². The van der Waals surface area contributed by atoms with Crippen molar-refractivity contribution in [2.45, 2.75) is 52.4 Å². The molecule has 23 heavy (non-hydrogen) atoms. The Morgan fingerprint density at radius 3 is 2.48 bits per heavy atom. The third-order valence-corrected chi connectivity index (χ3v) is 3.51. The average molecular weight is 321 g/mol. The molecule has 0 saturated heterocycles. The van der Waals surface area contributed by atoms with Gasteiger partial charge in [-0.1, -0.05) is 39.8 Å².